The molecule has 0 bridgehead atoms. The van der Waals surface area contributed by atoms with Gasteiger partial charge in [0.2, 0.25) is 0 Å². The molecule has 2 atom stereocenters. The molecule has 0 amide bonds. The van der Waals surface area contributed by atoms with E-state index in [1.807, 2.05) is 0 Å². The molecule has 0 aliphatic carbocycles. The zero-order valence-corrected chi connectivity index (χ0v) is 14.7. The number of hydrogen-bond acceptors (Lipinski definition) is 3. The van der Waals surface area contributed by atoms with E-state index >= 15 is 0 Å². The van der Waals surface area contributed by atoms with Crippen LogP contribution in [0.5, 0.6) is 0 Å². The molecular weight excluding hydrogens is 258 g/mol. The number of benzene rings is 1. The molecular formula is C18H33N3. The van der Waals surface area contributed by atoms with Crippen LogP contribution in [0.4, 0.5) is 0 Å². The lowest BCUT2D eigenvalue weighted by Gasteiger charge is -2.33. The first-order chi connectivity index (χ1) is 9.95. The Kier molecular flexibility index (Phi) is 7.94. The van der Waals surface area contributed by atoms with Gasteiger partial charge >= 0.3 is 0 Å². The molecule has 0 heterocycles. The quantitative estimate of drug-likeness (QED) is 0.755. The maximum atomic E-state index is 3.72. The smallest absolute Gasteiger partial charge is 0.0475 e. The maximum Gasteiger partial charge on any atom is 0.0475 e. The molecule has 120 valence electrons. The van der Waals surface area contributed by atoms with Crippen molar-refractivity contribution in [2.75, 3.05) is 40.8 Å². The molecule has 0 saturated carbocycles. The first kappa shape index (κ1) is 18.1. The van der Waals surface area contributed by atoms with E-state index < -0.39 is 0 Å². The van der Waals surface area contributed by atoms with Gasteiger partial charge in [-0.05, 0) is 53.5 Å². The fourth-order valence-corrected chi connectivity index (χ4v) is 2.46. The van der Waals surface area contributed by atoms with E-state index in [1.54, 1.807) is 0 Å². The minimum Gasteiger partial charge on any atom is -0.309 e. The minimum absolute atomic E-state index is 0.387. The highest BCUT2D eigenvalue weighted by molar-refractivity contribution is 5.25. The van der Waals surface area contributed by atoms with Gasteiger partial charge in [0.1, 0.15) is 0 Å². The molecule has 1 rings (SSSR count). The molecule has 0 saturated heterocycles. The molecule has 1 aromatic carbocycles. The van der Waals surface area contributed by atoms with Gasteiger partial charge in [0, 0.05) is 25.2 Å². The SMILES string of the molecule is CCCNC(c1ccc(C)cc1)C(C)N(C)CCN(C)C. The van der Waals surface area contributed by atoms with E-state index in [-0.39, 0.29) is 0 Å². The van der Waals surface area contributed by atoms with E-state index in [0.29, 0.717) is 12.1 Å². The average molecular weight is 291 g/mol. The minimum atomic E-state index is 0.387. The van der Waals surface area contributed by atoms with Gasteiger partial charge in [0.05, 0.1) is 0 Å². The number of aryl methyl sites for hydroxylation is 1. The van der Waals surface area contributed by atoms with E-state index in [2.05, 4.69) is 81.3 Å². The van der Waals surface area contributed by atoms with Crippen molar-refractivity contribution in [1.82, 2.24) is 15.1 Å². The van der Waals surface area contributed by atoms with Crippen LogP contribution in [-0.4, -0.2) is 56.6 Å². The standard InChI is InChI=1S/C18H33N3/c1-7-12-19-18(17-10-8-15(2)9-11-17)16(3)21(6)14-13-20(4)5/h8-11,16,18-19H,7,12-14H2,1-6H3. The summed E-state index contributed by atoms with van der Waals surface area (Å²) >= 11 is 0. The Balaban J connectivity index is 2.77. The van der Waals surface area contributed by atoms with E-state index in [4.69, 9.17) is 0 Å². The second-order valence-corrected chi connectivity index (χ2v) is 6.37. The largest absolute Gasteiger partial charge is 0.309 e. The van der Waals surface area contributed by atoms with E-state index in [0.717, 1.165) is 26.1 Å². The predicted octanol–water partition coefficient (Wildman–Crippen LogP) is 2.92. The maximum absolute atomic E-state index is 3.72. The van der Waals surface area contributed by atoms with Gasteiger partial charge in [-0.1, -0.05) is 36.8 Å². The van der Waals surface area contributed by atoms with Gasteiger partial charge in [0.15, 0.2) is 0 Å². The molecule has 0 aliphatic rings. The number of nitrogens with zero attached hydrogens (tertiary/aromatic N) is 2. The van der Waals surface area contributed by atoms with Crippen molar-refractivity contribution in [3.8, 4) is 0 Å². The predicted molar refractivity (Wildman–Crippen MR) is 92.9 cm³/mol. The number of rotatable bonds is 9. The molecule has 21 heavy (non-hydrogen) atoms. The summed E-state index contributed by atoms with van der Waals surface area (Å²) < 4.78 is 0. The number of hydrogen-bond donors (Lipinski definition) is 1. The third kappa shape index (κ3) is 6.16. The van der Waals surface area contributed by atoms with Crippen molar-refractivity contribution >= 4 is 0 Å². The number of likely N-dealkylation sites (N-methyl/N-ethyl adjacent to an activating group) is 2. The average Bonchev–Trinajstić information content (AvgIpc) is 2.46. The number of nitrogens with one attached hydrogen (secondary N) is 1. The summed E-state index contributed by atoms with van der Waals surface area (Å²) in [6, 6.07) is 9.81. The van der Waals surface area contributed by atoms with Crippen molar-refractivity contribution in [1.29, 1.82) is 0 Å². The third-order valence-electron chi connectivity index (χ3n) is 4.13. The van der Waals surface area contributed by atoms with Crippen LogP contribution in [0.1, 0.15) is 37.4 Å². The Hall–Kier alpha value is -0.900. The van der Waals surface area contributed by atoms with Crippen LogP contribution in [0.3, 0.4) is 0 Å². The fourth-order valence-electron chi connectivity index (χ4n) is 2.46. The monoisotopic (exact) mass is 291 g/mol. The van der Waals surface area contributed by atoms with Crippen molar-refractivity contribution in [3.63, 3.8) is 0 Å². The molecule has 2 unspecified atom stereocenters. The summed E-state index contributed by atoms with van der Waals surface area (Å²) in [5, 5.41) is 3.72. The molecule has 1 N–H and O–H groups in total. The van der Waals surface area contributed by atoms with Gasteiger partial charge in [-0.2, -0.15) is 0 Å². The molecule has 0 aliphatic heterocycles. The van der Waals surface area contributed by atoms with Gasteiger partial charge in [-0.15, -0.1) is 0 Å². The molecule has 0 aromatic heterocycles. The first-order valence-corrected chi connectivity index (χ1v) is 8.10. The molecule has 3 heteroatoms. The summed E-state index contributed by atoms with van der Waals surface area (Å²) in [6.07, 6.45) is 1.16. The highest BCUT2D eigenvalue weighted by Crippen LogP contribution is 2.21. The topological polar surface area (TPSA) is 18.5 Å². The normalized spacial score (nSPS) is 14.7. The Morgan fingerprint density at radius 1 is 1.05 bits per heavy atom. The third-order valence-corrected chi connectivity index (χ3v) is 4.13. The van der Waals surface area contributed by atoms with Crippen LogP contribution < -0.4 is 5.32 Å². The molecule has 0 fully saturated rings. The van der Waals surface area contributed by atoms with Crippen LogP contribution in [-0.2, 0) is 0 Å². The van der Waals surface area contributed by atoms with Crippen LogP contribution in [0, 0.1) is 6.92 Å². The zero-order valence-electron chi connectivity index (χ0n) is 14.7. The van der Waals surface area contributed by atoms with Gasteiger partial charge in [0.25, 0.3) is 0 Å². The van der Waals surface area contributed by atoms with Crippen LogP contribution in [0.2, 0.25) is 0 Å². The zero-order chi connectivity index (χ0) is 15.8. The molecule has 3 nitrogen and oxygen atoms in total. The van der Waals surface area contributed by atoms with E-state index in [1.165, 1.54) is 11.1 Å². The lowest BCUT2D eigenvalue weighted by molar-refractivity contribution is 0.189. The molecule has 0 radical (unpaired) electrons. The second-order valence-electron chi connectivity index (χ2n) is 6.37. The van der Waals surface area contributed by atoms with Crippen molar-refractivity contribution in [2.24, 2.45) is 0 Å². The van der Waals surface area contributed by atoms with Gasteiger partial charge in [-0.3, -0.25) is 0 Å². The summed E-state index contributed by atoms with van der Waals surface area (Å²) in [5.41, 5.74) is 2.71. The van der Waals surface area contributed by atoms with Crippen molar-refractivity contribution < 1.29 is 0 Å². The second kappa shape index (κ2) is 9.19. The van der Waals surface area contributed by atoms with Crippen LogP contribution >= 0.6 is 0 Å². The lowest BCUT2D eigenvalue weighted by atomic mass is 9.98. The summed E-state index contributed by atoms with van der Waals surface area (Å²) in [6.45, 7) is 9.93. The highest BCUT2D eigenvalue weighted by atomic mass is 15.2. The Morgan fingerprint density at radius 3 is 2.19 bits per heavy atom. The Bertz CT molecular complexity index is 386. The summed E-state index contributed by atoms with van der Waals surface area (Å²) in [5.74, 6) is 0. The summed E-state index contributed by atoms with van der Waals surface area (Å²) in [4.78, 5) is 4.69. The van der Waals surface area contributed by atoms with Gasteiger partial charge < -0.3 is 15.1 Å². The van der Waals surface area contributed by atoms with Crippen molar-refractivity contribution in [2.45, 2.75) is 39.3 Å². The lowest BCUT2D eigenvalue weighted by Crippen LogP contribution is -2.43. The van der Waals surface area contributed by atoms with Crippen LogP contribution in [0.15, 0.2) is 24.3 Å². The first-order valence-electron chi connectivity index (χ1n) is 8.10. The fraction of sp³-hybridized carbons (Fsp3) is 0.667. The summed E-state index contributed by atoms with van der Waals surface area (Å²) in [7, 11) is 6.49. The highest BCUT2D eigenvalue weighted by Gasteiger charge is 2.22. The molecule has 1 aromatic rings. The Morgan fingerprint density at radius 2 is 1.67 bits per heavy atom. The van der Waals surface area contributed by atoms with Crippen molar-refractivity contribution in [3.05, 3.63) is 35.4 Å². The van der Waals surface area contributed by atoms with Gasteiger partial charge in [-0.25, -0.2) is 0 Å². The van der Waals surface area contributed by atoms with E-state index in [9.17, 15) is 0 Å². The van der Waals surface area contributed by atoms with Crippen LogP contribution in [0.25, 0.3) is 0 Å². The Labute approximate surface area is 131 Å². The molecule has 0 spiro atoms.